The molecule has 3 amide bonds. The summed E-state index contributed by atoms with van der Waals surface area (Å²) in [6, 6.07) is 14.6. The molecule has 9 nitrogen and oxygen atoms in total. The summed E-state index contributed by atoms with van der Waals surface area (Å²) in [5.74, 6) is -0.664. The fraction of sp³-hybridized carbons (Fsp3) is 0.531. The van der Waals surface area contributed by atoms with Crippen LogP contribution in [0.25, 0.3) is 0 Å². The Morgan fingerprint density at radius 3 is 2.33 bits per heavy atom. The van der Waals surface area contributed by atoms with Crippen LogP contribution in [0.3, 0.4) is 0 Å². The van der Waals surface area contributed by atoms with Crippen LogP contribution in [-0.4, -0.2) is 53.7 Å². The second kappa shape index (κ2) is 11.8. The molecule has 0 spiro atoms. The van der Waals surface area contributed by atoms with Crippen LogP contribution in [-0.2, 0) is 20.5 Å². The summed E-state index contributed by atoms with van der Waals surface area (Å²) in [6.45, 7) is 11.0. The lowest BCUT2D eigenvalue weighted by atomic mass is 9.45. The molecule has 1 saturated heterocycles. The SMILES string of the molecule is CC(C)C[C@H](NC(=O)[C@H](Cc1ccccc1)NC(=O)c1cccc(C(=O)NO)c1)B1OC2[C@@H]3C[C@H](C[C@]2(C)O1)C3(C)C. The number of rotatable bonds is 10. The van der Waals surface area contributed by atoms with Crippen molar-refractivity contribution in [2.75, 3.05) is 0 Å². The van der Waals surface area contributed by atoms with E-state index < -0.39 is 30.9 Å². The van der Waals surface area contributed by atoms with Crippen LogP contribution < -0.4 is 16.1 Å². The Balaban J connectivity index is 1.35. The maximum atomic E-state index is 13.9. The third kappa shape index (κ3) is 5.98. The van der Waals surface area contributed by atoms with Crippen molar-refractivity contribution in [2.24, 2.45) is 23.2 Å². The minimum absolute atomic E-state index is 0.0164. The Bertz CT molecular complexity index is 1320. The molecule has 1 heterocycles. The molecular weight excluding hydrogens is 533 g/mol. The molecule has 4 N–H and O–H groups in total. The molecule has 42 heavy (non-hydrogen) atoms. The number of nitrogens with one attached hydrogen (secondary N) is 3. The van der Waals surface area contributed by atoms with Crippen molar-refractivity contribution >= 4 is 24.8 Å². The summed E-state index contributed by atoms with van der Waals surface area (Å²) >= 11 is 0. The first-order valence-corrected chi connectivity index (χ1v) is 14.9. The van der Waals surface area contributed by atoms with Gasteiger partial charge in [-0.3, -0.25) is 19.6 Å². The van der Waals surface area contributed by atoms with Crippen LogP contribution in [0.4, 0.5) is 0 Å². The fourth-order valence-electron chi connectivity index (χ4n) is 7.11. The molecule has 0 radical (unpaired) electrons. The highest BCUT2D eigenvalue weighted by Crippen LogP contribution is 2.64. The molecular formula is C32H42BN3O6. The van der Waals surface area contributed by atoms with Gasteiger partial charge in [0.15, 0.2) is 0 Å². The molecule has 1 aliphatic heterocycles. The van der Waals surface area contributed by atoms with E-state index in [1.54, 1.807) is 17.6 Å². The summed E-state index contributed by atoms with van der Waals surface area (Å²) in [5, 5.41) is 15.0. The van der Waals surface area contributed by atoms with Crippen molar-refractivity contribution < 1.29 is 28.9 Å². The highest BCUT2D eigenvalue weighted by atomic mass is 16.7. The lowest BCUT2D eigenvalue weighted by molar-refractivity contribution is -0.185. The molecule has 2 bridgehead atoms. The first-order chi connectivity index (χ1) is 19.9. The van der Waals surface area contributed by atoms with E-state index in [0.717, 1.165) is 18.4 Å². The Morgan fingerprint density at radius 1 is 1.00 bits per heavy atom. The first-order valence-electron chi connectivity index (χ1n) is 14.9. The highest BCUT2D eigenvalue weighted by molar-refractivity contribution is 6.48. The van der Waals surface area contributed by atoms with E-state index in [-0.39, 0.29) is 46.5 Å². The van der Waals surface area contributed by atoms with Crippen LogP contribution in [0.1, 0.15) is 80.2 Å². The number of amides is 3. The standard InChI is InChI=1S/C32H42BN3O6/c1-19(2)14-26(33-41-27-24-17-23(31(24,3)4)18-32(27,5)42-33)35-30(39)25(15-20-10-7-6-8-11-20)34-28(37)21-12-9-13-22(16-21)29(38)36-40/h6-13,16,19,23-27,40H,14-15,17-18H2,1-5H3,(H,34,37)(H,35,39)(H,36,38)/t23-,24+,25+,26+,27?,32+/m1/s1. The summed E-state index contributed by atoms with van der Waals surface area (Å²) < 4.78 is 13.3. The second-order valence-electron chi connectivity index (χ2n) is 13.4. The Kier molecular flexibility index (Phi) is 8.52. The molecule has 3 saturated carbocycles. The van der Waals surface area contributed by atoms with Gasteiger partial charge in [0.05, 0.1) is 17.6 Å². The normalized spacial score (nSPS) is 26.9. The summed E-state index contributed by atoms with van der Waals surface area (Å²) in [6.07, 6.45) is 3.00. The van der Waals surface area contributed by atoms with Crippen LogP contribution in [0.2, 0.25) is 0 Å². The van der Waals surface area contributed by atoms with Gasteiger partial charge >= 0.3 is 7.12 Å². The zero-order valence-electron chi connectivity index (χ0n) is 25.1. The van der Waals surface area contributed by atoms with Gasteiger partial charge in [0.1, 0.15) is 6.04 Å². The monoisotopic (exact) mass is 575 g/mol. The molecule has 2 aromatic carbocycles. The van der Waals surface area contributed by atoms with Crippen molar-refractivity contribution in [1.82, 2.24) is 16.1 Å². The van der Waals surface area contributed by atoms with Gasteiger partial charge in [-0.05, 0) is 73.1 Å². The molecule has 224 valence electrons. The van der Waals surface area contributed by atoms with E-state index in [9.17, 15) is 14.4 Å². The van der Waals surface area contributed by atoms with E-state index in [4.69, 9.17) is 14.5 Å². The fourth-order valence-corrected chi connectivity index (χ4v) is 7.11. The van der Waals surface area contributed by atoms with Crippen molar-refractivity contribution in [3.05, 3.63) is 71.3 Å². The Labute approximate surface area is 248 Å². The Morgan fingerprint density at radius 2 is 1.69 bits per heavy atom. The lowest BCUT2D eigenvalue weighted by Gasteiger charge is -2.63. The third-order valence-corrected chi connectivity index (χ3v) is 9.61. The van der Waals surface area contributed by atoms with Crippen molar-refractivity contribution in [2.45, 2.75) is 84.0 Å². The molecule has 6 atom stereocenters. The molecule has 4 aliphatic rings. The first kappa shape index (κ1) is 30.3. The quantitative estimate of drug-likeness (QED) is 0.193. The van der Waals surface area contributed by atoms with Gasteiger partial charge in [-0.2, -0.15) is 0 Å². The van der Waals surface area contributed by atoms with Crippen LogP contribution >= 0.6 is 0 Å². The zero-order chi connectivity index (χ0) is 30.2. The molecule has 10 heteroatoms. The van der Waals surface area contributed by atoms with Crippen molar-refractivity contribution in [3.63, 3.8) is 0 Å². The van der Waals surface area contributed by atoms with E-state index in [1.807, 2.05) is 30.3 Å². The smallest absolute Gasteiger partial charge is 0.404 e. The van der Waals surface area contributed by atoms with Gasteiger partial charge in [0.25, 0.3) is 11.8 Å². The maximum absolute atomic E-state index is 13.9. The van der Waals surface area contributed by atoms with Gasteiger partial charge < -0.3 is 19.9 Å². The van der Waals surface area contributed by atoms with Gasteiger partial charge in [0.2, 0.25) is 5.91 Å². The number of hydrogen-bond acceptors (Lipinski definition) is 6. The molecule has 3 aliphatic carbocycles. The average molecular weight is 576 g/mol. The van der Waals surface area contributed by atoms with E-state index in [0.29, 0.717) is 18.3 Å². The highest BCUT2D eigenvalue weighted by Gasteiger charge is 2.67. The summed E-state index contributed by atoms with van der Waals surface area (Å²) in [4.78, 5) is 39.1. The molecule has 2 aromatic rings. The van der Waals surface area contributed by atoms with Gasteiger partial charge in [-0.15, -0.1) is 0 Å². The number of benzene rings is 2. The minimum atomic E-state index is -0.893. The van der Waals surface area contributed by atoms with Crippen molar-refractivity contribution in [3.8, 4) is 0 Å². The number of carbonyl (C=O) groups excluding carboxylic acids is 3. The molecule has 6 rings (SSSR count). The predicted molar refractivity (Wildman–Crippen MR) is 159 cm³/mol. The van der Waals surface area contributed by atoms with Gasteiger partial charge in [-0.25, -0.2) is 5.48 Å². The third-order valence-electron chi connectivity index (χ3n) is 9.61. The molecule has 0 aromatic heterocycles. The van der Waals surface area contributed by atoms with Gasteiger partial charge in [0, 0.05) is 17.5 Å². The maximum Gasteiger partial charge on any atom is 0.481 e. The van der Waals surface area contributed by atoms with E-state index in [1.165, 1.54) is 12.1 Å². The zero-order valence-corrected chi connectivity index (χ0v) is 25.1. The predicted octanol–water partition coefficient (Wildman–Crippen LogP) is 3.95. The summed E-state index contributed by atoms with van der Waals surface area (Å²) in [7, 11) is -0.580. The lowest BCUT2D eigenvalue weighted by Crippen LogP contribution is -2.63. The van der Waals surface area contributed by atoms with E-state index >= 15 is 0 Å². The van der Waals surface area contributed by atoms with Crippen LogP contribution in [0, 0.1) is 23.2 Å². The topological polar surface area (TPSA) is 126 Å². The molecule has 4 fully saturated rings. The van der Waals surface area contributed by atoms with E-state index in [2.05, 4.69) is 45.3 Å². The van der Waals surface area contributed by atoms with Crippen LogP contribution in [0.15, 0.2) is 54.6 Å². The van der Waals surface area contributed by atoms with Gasteiger partial charge in [-0.1, -0.05) is 64.1 Å². The number of hydroxylamine groups is 1. The number of carbonyl (C=O) groups is 3. The van der Waals surface area contributed by atoms with Crippen molar-refractivity contribution in [1.29, 1.82) is 0 Å². The molecule has 1 unspecified atom stereocenters. The second-order valence-corrected chi connectivity index (χ2v) is 13.4. The largest absolute Gasteiger partial charge is 0.481 e. The minimum Gasteiger partial charge on any atom is -0.404 e. The number of hydrogen-bond donors (Lipinski definition) is 4. The Hall–Kier alpha value is -3.21. The summed E-state index contributed by atoms with van der Waals surface area (Å²) in [5.41, 5.74) is 2.63. The average Bonchev–Trinajstić information content (AvgIpc) is 3.33. The van der Waals surface area contributed by atoms with Crippen LogP contribution in [0.5, 0.6) is 0 Å².